The van der Waals surface area contributed by atoms with Gasteiger partial charge >= 0.3 is 6.01 Å². The first kappa shape index (κ1) is 12.1. The molecule has 0 bridgehead atoms. The number of imidazole rings is 1. The normalized spacial score (nSPS) is 23.7. The van der Waals surface area contributed by atoms with Crippen LogP contribution in [0.1, 0.15) is 44.8 Å². The first-order valence-corrected chi connectivity index (χ1v) is 7.38. The summed E-state index contributed by atoms with van der Waals surface area (Å²) in [5, 5.41) is 0. The second-order valence-corrected chi connectivity index (χ2v) is 5.51. The SMILES string of the molecule is c1nc(OC2CCCC2)nc2c1ncn2C1CCCO1. The Bertz CT molecular complexity index is 600. The van der Waals surface area contributed by atoms with Gasteiger partial charge in [0, 0.05) is 6.61 Å². The number of rotatable bonds is 3. The third-order valence-electron chi connectivity index (χ3n) is 4.08. The van der Waals surface area contributed by atoms with Crippen LogP contribution in [-0.2, 0) is 4.74 Å². The van der Waals surface area contributed by atoms with Crippen molar-refractivity contribution in [3.05, 3.63) is 12.5 Å². The molecular weight excluding hydrogens is 256 g/mol. The van der Waals surface area contributed by atoms with Crippen LogP contribution in [0.5, 0.6) is 6.01 Å². The Kier molecular flexibility index (Phi) is 3.03. The molecule has 3 heterocycles. The Morgan fingerprint density at radius 2 is 2.05 bits per heavy atom. The molecule has 0 aromatic carbocycles. The highest BCUT2D eigenvalue weighted by atomic mass is 16.5. The largest absolute Gasteiger partial charge is 0.460 e. The van der Waals surface area contributed by atoms with Gasteiger partial charge in [-0.25, -0.2) is 9.97 Å². The number of nitrogens with zero attached hydrogens (tertiary/aromatic N) is 4. The van der Waals surface area contributed by atoms with Crippen molar-refractivity contribution >= 4 is 11.2 Å². The minimum atomic E-state index is 0.0502. The van der Waals surface area contributed by atoms with E-state index in [0.29, 0.717) is 6.01 Å². The van der Waals surface area contributed by atoms with E-state index in [2.05, 4.69) is 15.0 Å². The molecule has 1 aliphatic carbocycles. The van der Waals surface area contributed by atoms with E-state index in [0.717, 1.165) is 43.5 Å². The quantitative estimate of drug-likeness (QED) is 0.860. The van der Waals surface area contributed by atoms with Crippen LogP contribution in [0.15, 0.2) is 12.5 Å². The zero-order chi connectivity index (χ0) is 13.4. The van der Waals surface area contributed by atoms with E-state index < -0.39 is 0 Å². The maximum absolute atomic E-state index is 5.87. The van der Waals surface area contributed by atoms with Crippen LogP contribution in [-0.4, -0.2) is 32.2 Å². The molecule has 2 fully saturated rings. The zero-order valence-corrected chi connectivity index (χ0v) is 11.4. The summed E-state index contributed by atoms with van der Waals surface area (Å²) in [5.41, 5.74) is 1.60. The van der Waals surface area contributed by atoms with Crippen LogP contribution in [0.25, 0.3) is 11.2 Å². The van der Waals surface area contributed by atoms with Crippen molar-refractivity contribution in [3.63, 3.8) is 0 Å². The molecule has 106 valence electrons. The van der Waals surface area contributed by atoms with E-state index in [4.69, 9.17) is 9.47 Å². The molecule has 0 radical (unpaired) electrons. The third kappa shape index (κ3) is 2.14. The predicted octanol–water partition coefficient (Wildman–Crippen LogP) is 2.46. The molecule has 2 aliphatic rings. The lowest BCUT2D eigenvalue weighted by atomic mass is 10.3. The summed E-state index contributed by atoms with van der Waals surface area (Å²) >= 11 is 0. The summed E-state index contributed by atoms with van der Waals surface area (Å²) in [6.45, 7) is 0.806. The van der Waals surface area contributed by atoms with Crippen molar-refractivity contribution in [1.29, 1.82) is 0 Å². The summed E-state index contributed by atoms with van der Waals surface area (Å²) < 4.78 is 13.6. The van der Waals surface area contributed by atoms with Gasteiger partial charge in [0.05, 0.1) is 12.5 Å². The first-order valence-electron chi connectivity index (χ1n) is 7.38. The van der Waals surface area contributed by atoms with Crippen molar-refractivity contribution in [2.45, 2.75) is 50.9 Å². The van der Waals surface area contributed by atoms with Crippen molar-refractivity contribution < 1.29 is 9.47 Å². The van der Waals surface area contributed by atoms with Gasteiger partial charge in [-0.15, -0.1) is 0 Å². The minimum absolute atomic E-state index is 0.0502. The molecule has 6 nitrogen and oxygen atoms in total. The lowest BCUT2D eigenvalue weighted by Gasteiger charge is -2.13. The Labute approximate surface area is 117 Å². The Morgan fingerprint density at radius 3 is 2.85 bits per heavy atom. The van der Waals surface area contributed by atoms with E-state index in [1.54, 1.807) is 12.5 Å². The number of aromatic nitrogens is 4. The van der Waals surface area contributed by atoms with E-state index in [-0.39, 0.29) is 12.3 Å². The molecule has 20 heavy (non-hydrogen) atoms. The van der Waals surface area contributed by atoms with Gasteiger partial charge in [0.2, 0.25) is 0 Å². The van der Waals surface area contributed by atoms with Crippen LogP contribution in [0, 0.1) is 0 Å². The van der Waals surface area contributed by atoms with E-state index in [1.807, 2.05) is 4.57 Å². The number of ether oxygens (including phenoxy) is 2. The van der Waals surface area contributed by atoms with Crippen molar-refractivity contribution in [2.75, 3.05) is 6.61 Å². The third-order valence-corrected chi connectivity index (χ3v) is 4.08. The summed E-state index contributed by atoms with van der Waals surface area (Å²) in [6, 6.07) is 0.462. The maximum Gasteiger partial charge on any atom is 0.318 e. The fraction of sp³-hybridized carbons (Fsp3) is 0.643. The molecule has 1 saturated carbocycles. The molecule has 2 aromatic heterocycles. The Hall–Kier alpha value is -1.69. The molecule has 1 saturated heterocycles. The van der Waals surface area contributed by atoms with E-state index in [9.17, 15) is 0 Å². The summed E-state index contributed by atoms with van der Waals surface area (Å²) in [5.74, 6) is 0. The highest BCUT2D eigenvalue weighted by Crippen LogP contribution is 2.27. The molecule has 2 aromatic rings. The molecule has 1 aliphatic heterocycles. The maximum atomic E-state index is 5.87. The van der Waals surface area contributed by atoms with Gasteiger partial charge in [-0.3, -0.25) is 4.57 Å². The smallest absolute Gasteiger partial charge is 0.318 e. The van der Waals surface area contributed by atoms with Crippen LogP contribution in [0.3, 0.4) is 0 Å². The summed E-state index contributed by atoms with van der Waals surface area (Å²) in [6.07, 6.45) is 10.6. The van der Waals surface area contributed by atoms with Gasteiger partial charge in [0.25, 0.3) is 0 Å². The average Bonchev–Trinajstić information content (AvgIpc) is 3.19. The molecule has 0 N–H and O–H groups in total. The van der Waals surface area contributed by atoms with Gasteiger partial charge in [-0.1, -0.05) is 0 Å². The molecular formula is C14H18N4O2. The monoisotopic (exact) mass is 274 g/mol. The van der Waals surface area contributed by atoms with Crippen LogP contribution in [0.4, 0.5) is 0 Å². The van der Waals surface area contributed by atoms with Gasteiger partial charge in [-0.2, -0.15) is 4.98 Å². The first-order chi connectivity index (χ1) is 9.90. The predicted molar refractivity (Wildman–Crippen MR) is 72.4 cm³/mol. The van der Waals surface area contributed by atoms with Gasteiger partial charge in [0.1, 0.15) is 17.8 Å². The van der Waals surface area contributed by atoms with Crippen molar-refractivity contribution in [1.82, 2.24) is 19.5 Å². The molecule has 6 heteroatoms. The topological polar surface area (TPSA) is 62.1 Å². The van der Waals surface area contributed by atoms with Crippen molar-refractivity contribution in [2.24, 2.45) is 0 Å². The standard InChI is InChI=1S/C14H18N4O2/c1-2-5-10(4-1)20-14-15-8-11-13(17-14)18(9-16-11)12-6-3-7-19-12/h8-10,12H,1-7H2. The number of fused-ring (bicyclic) bond motifs is 1. The second-order valence-electron chi connectivity index (χ2n) is 5.51. The van der Waals surface area contributed by atoms with Gasteiger partial charge in [0.15, 0.2) is 5.65 Å². The number of hydrogen-bond acceptors (Lipinski definition) is 5. The number of hydrogen-bond donors (Lipinski definition) is 0. The Morgan fingerprint density at radius 1 is 1.15 bits per heavy atom. The summed E-state index contributed by atoms with van der Waals surface area (Å²) in [4.78, 5) is 13.1. The highest BCUT2D eigenvalue weighted by molar-refractivity contribution is 5.69. The summed E-state index contributed by atoms with van der Waals surface area (Å²) in [7, 11) is 0. The molecule has 0 spiro atoms. The fourth-order valence-corrected chi connectivity index (χ4v) is 3.01. The second kappa shape index (κ2) is 5.01. The lowest BCUT2D eigenvalue weighted by Crippen LogP contribution is -2.13. The zero-order valence-electron chi connectivity index (χ0n) is 11.4. The van der Waals surface area contributed by atoms with Gasteiger partial charge < -0.3 is 9.47 Å². The molecule has 1 atom stereocenters. The minimum Gasteiger partial charge on any atom is -0.460 e. The van der Waals surface area contributed by atoms with E-state index >= 15 is 0 Å². The highest BCUT2D eigenvalue weighted by Gasteiger charge is 2.22. The average molecular weight is 274 g/mol. The van der Waals surface area contributed by atoms with Crippen LogP contribution >= 0.6 is 0 Å². The molecule has 0 amide bonds. The lowest BCUT2D eigenvalue weighted by molar-refractivity contribution is 0.0591. The molecule has 4 rings (SSSR count). The van der Waals surface area contributed by atoms with E-state index in [1.165, 1.54) is 12.8 Å². The fourth-order valence-electron chi connectivity index (χ4n) is 3.01. The molecule has 1 unspecified atom stereocenters. The van der Waals surface area contributed by atoms with Crippen LogP contribution in [0.2, 0.25) is 0 Å². The van der Waals surface area contributed by atoms with Crippen molar-refractivity contribution in [3.8, 4) is 6.01 Å². The van der Waals surface area contributed by atoms with Gasteiger partial charge in [-0.05, 0) is 38.5 Å². The Balaban J connectivity index is 1.64. The van der Waals surface area contributed by atoms with Crippen LogP contribution < -0.4 is 4.74 Å².